The molecule has 2 nitrogen and oxygen atoms in total. The number of hydrogen-bond acceptors (Lipinski definition) is 3. The van der Waals surface area contributed by atoms with Crippen molar-refractivity contribution >= 4 is 11.3 Å². The fourth-order valence-electron chi connectivity index (χ4n) is 2.03. The number of ether oxygens (including phenoxy) is 1. The molecular formula is C13H21NOS. The first-order valence-corrected chi connectivity index (χ1v) is 6.95. The van der Waals surface area contributed by atoms with Gasteiger partial charge in [-0.3, -0.25) is 0 Å². The van der Waals surface area contributed by atoms with Gasteiger partial charge in [0.2, 0.25) is 0 Å². The molecule has 0 amide bonds. The fraction of sp³-hybridized carbons (Fsp3) is 0.692. The summed E-state index contributed by atoms with van der Waals surface area (Å²) in [4.78, 5) is 1.48. The zero-order valence-electron chi connectivity index (χ0n) is 10.00. The molecular weight excluding hydrogens is 218 g/mol. The fourth-order valence-corrected chi connectivity index (χ4v) is 2.74. The second-order valence-electron chi connectivity index (χ2n) is 4.75. The van der Waals surface area contributed by atoms with E-state index in [1.165, 1.54) is 30.7 Å². The van der Waals surface area contributed by atoms with Crippen LogP contribution in [0.3, 0.4) is 0 Å². The first-order chi connectivity index (χ1) is 7.85. The zero-order valence-corrected chi connectivity index (χ0v) is 10.8. The molecule has 1 heterocycles. The Bertz CT molecular complexity index is 293. The molecule has 0 bridgehead atoms. The van der Waals surface area contributed by atoms with Crippen LogP contribution in [0, 0.1) is 5.41 Å². The Morgan fingerprint density at radius 3 is 3.00 bits per heavy atom. The van der Waals surface area contributed by atoms with Crippen LogP contribution in [-0.2, 0) is 11.2 Å². The summed E-state index contributed by atoms with van der Waals surface area (Å²) in [6.45, 7) is 3.18. The van der Waals surface area contributed by atoms with Crippen molar-refractivity contribution < 1.29 is 4.74 Å². The SMILES string of the molecule is COCCC1(CNCCc2cccs2)CC1. The molecule has 0 aliphatic heterocycles. The van der Waals surface area contributed by atoms with E-state index in [1.807, 2.05) is 11.3 Å². The van der Waals surface area contributed by atoms with Gasteiger partial charge in [-0.15, -0.1) is 11.3 Å². The third-order valence-corrected chi connectivity index (χ3v) is 4.36. The highest BCUT2D eigenvalue weighted by Crippen LogP contribution is 2.48. The summed E-state index contributed by atoms with van der Waals surface area (Å²) in [5.74, 6) is 0. The minimum Gasteiger partial charge on any atom is -0.385 e. The van der Waals surface area contributed by atoms with Gasteiger partial charge in [0.25, 0.3) is 0 Å². The number of thiophene rings is 1. The molecule has 0 atom stereocenters. The largest absolute Gasteiger partial charge is 0.385 e. The van der Waals surface area contributed by atoms with Crippen molar-refractivity contribution in [2.24, 2.45) is 5.41 Å². The molecule has 2 rings (SSSR count). The molecule has 1 aromatic rings. The van der Waals surface area contributed by atoms with Gasteiger partial charge in [0.15, 0.2) is 0 Å². The summed E-state index contributed by atoms with van der Waals surface area (Å²) in [6.07, 6.45) is 5.14. The van der Waals surface area contributed by atoms with Crippen LogP contribution in [0.25, 0.3) is 0 Å². The van der Waals surface area contributed by atoms with Crippen LogP contribution in [0.15, 0.2) is 17.5 Å². The van der Waals surface area contributed by atoms with E-state index in [-0.39, 0.29) is 0 Å². The predicted molar refractivity (Wildman–Crippen MR) is 69.1 cm³/mol. The Balaban J connectivity index is 1.57. The van der Waals surface area contributed by atoms with Gasteiger partial charge in [0, 0.05) is 25.1 Å². The van der Waals surface area contributed by atoms with E-state index >= 15 is 0 Å². The Hall–Kier alpha value is -0.380. The molecule has 3 heteroatoms. The van der Waals surface area contributed by atoms with Crippen LogP contribution < -0.4 is 5.32 Å². The number of methoxy groups -OCH3 is 1. The minimum absolute atomic E-state index is 0.575. The lowest BCUT2D eigenvalue weighted by atomic mass is 10.0. The summed E-state index contributed by atoms with van der Waals surface area (Å²) in [7, 11) is 1.79. The van der Waals surface area contributed by atoms with E-state index in [9.17, 15) is 0 Å². The number of nitrogens with one attached hydrogen (secondary N) is 1. The van der Waals surface area contributed by atoms with Crippen LogP contribution in [0.5, 0.6) is 0 Å². The van der Waals surface area contributed by atoms with Crippen LogP contribution in [0.2, 0.25) is 0 Å². The average molecular weight is 239 g/mol. The van der Waals surface area contributed by atoms with Crippen molar-refractivity contribution in [3.05, 3.63) is 22.4 Å². The van der Waals surface area contributed by atoms with Crippen molar-refractivity contribution in [2.45, 2.75) is 25.7 Å². The molecule has 1 aliphatic carbocycles. The lowest BCUT2D eigenvalue weighted by molar-refractivity contribution is 0.171. The van der Waals surface area contributed by atoms with Crippen LogP contribution >= 0.6 is 11.3 Å². The molecule has 16 heavy (non-hydrogen) atoms. The molecule has 0 radical (unpaired) electrons. The zero-order chi connectivity index (χ0) is 11.3. The number of rotatable bonds is 8. The Labute approximate surface area is 102 Å². The minimum atomic E-state index is 0.575. The van der Waals surface area contributed by atoms with Gasteiger partial charge in [-0.05, 0) is 49.1 Å². The first-order valence-electron chi connectivity index (χ1n) is 6.07. The molecule has 0 saturated heterocycles. The summed E-state index contributed by atoms with van der Waals surface area (Å²) >= 11 is 1.85. The Morgan fingerprint density at radius 1 is 1.50 bits per heavy atom. The normalized spacial score (nSPS) is 17.6. The van der Waals surface area contributed by atoms with Crippen LogP contribution in [0.4, 0.5) is 0 Å². The predicted octanol–water partition coefficient (Wildman–Crippen LogP) is 2.70. The first kappa shape index (κ1) is 12.1. The maximum atomic E-state index is 5.16. The second kappa shape index (κ2) is 5.80. The number of hydrogen-bond donors (Lipinski definition) is 1. The lowest BCUT2D eigenvalue weighted by Crippen LogP contribution is -2.26. The van der Waals surface area contributed by atoms with Gasteiger partial charge >= 0.3 is 0 Å². The quantitative estimate of drug-likeness (QED) is 0.704. The third-order valence-electron chi connectivity index (χ3n) is 3.42. The van der Waals surface area contributed by atoms with E-state index in [4.69, 9.17) is 4.74 Å². The lowest BCUT2D eigenvalue weighted by Gasteiger charge is -2.15. The van der Waals surface area contributed by atoms with Crippen molar-refractivity contribution in [2.75, 3.05) is 26.8 Å². The molecule has 0 unspecified atom stereocenters. The maximum absolute atomic E-state index is 5.16. The van der Waals surface area contributed by atoms with Gasteiger partial charge in [0.05, 0.1) is 0 Å². The van der Waals surface area contributed by atoms with Gasteiger partial charge in [-0.25, -0.2) is 0 Å². The van der Waals surface area contributed by atoms with E-state index in [0.29, 0.717) is 5.41 Å². The van der Waals surface area contributed by atoms with Crippen LogP contribution in [-0.4, -0.2) is 26.8 Å². The van der Waals surface area contributed by atoms with E-state index in [2.05, 4.69) is 22.8 Å². The van der Waals surface area contributed by atoms with Crippen molar-refractivity contribution in [3.8, 4) is 0 Å². The average Bonchev–Trinajstić information content (AvgIpc) is 2.87. The molecule has 1 N–H and O–H groups in total. The summed E-state index contributed by atoms with van der Waals surface area (Å²) in [5, 5.41) is 5.74. The van der Waals surface area contributed by atoms with Gasteiger partial charge in [-0.1, -0.05) is 6.07 Å². The molecule has 1 saturated carbocycles. The van der Waals surface area contributed by atoms with Crippen molar-refractivity contribution in [1.29, 1.82) is 0 Å². The summed E-state index contributed by atoms with van der Waals surface area (Å²) < 4.78 is 5.16. The topological polar surface area (TPSA) is 21.3 Å². The highest BCUT2D eigenvalue weighted by Gasteiger charge is 2.41. The summed E-state index contributed by atoms with van der Waals surface area (Å²) in [6, 6.07) is 4.34. The molecule has 1 aliphatic rings. The Morgan fingerprint density at radius 2 is 2.38 bits per heavy atom. The van der Waals surface area contributed by atoms with Gasteiger partial charge in [0.1, 0.15) is 0 Å². The second-order valence-corrected chi connectivity index (χ2v) is 5.78. The van der Waals surface area contributed by atoms with Gasteiger partial charge in [-0.2, -0.15) is 0 Å². The molecule has 90 valence electrons. The molecule has 0 aromatic carbocycles. The Kier molecular flexibility index (Phi) is 4.38. The van der Waals surface area contributed by atoms with Gasteiger partial charge < -0.3 is 10.1 Å². The summed E-state index contributed by atoms with van der Waals surface area (Å²) in [5.41, 5.74) is 0.575. The van der Waals surface area contributed by atoms with Crippen molar-refractivity contribution in [1.82, 2.24) is 5.32 Å². The highest BCUT2D eigenvalue weighted by molar-refractivity contribution is 7.09. The monoisotopic (exact) mass is 239 g/mol. The smallest absolute Gasteiger partial charge is 0.0468 e. The molecule has 1 fully saturated rings. The van der Waals surface area contributed by atoms with E-state index in [1.54, 1.807) is 7.11 Å². The molecule has 1 aromatic heterocycles. The standard InChI is InChI=1S/C13H21NOS/c1-15-9-7-13(5-6-13)11-14-8-4-12-3-2-10-16-12/h2-3,10,14H,4-9,11H2,1H3. The van der Waals surface area contributed by atoms with E-state index < -0.39 is 0 Å². The van der Waals surface area contributed by atoms with Crippen molar-refractivity contribution in [3.63, 3.8) is 0 Å². The highest BCUT2D eigenvalue weighted by atomic mass is 32.1. The van der Waals surface area contributed by atoms with Crippen LogP contribution in [0.1, 0.15) is 24.1 Å². The third kappa shape index (κ3) is 3.58. The molecule has 0 spiro atoms. The maximum Gasteiger partial charge on any atom is 0.0468 e. The van der Waals surface area contributed by atoms with E-state index in [0.717, 1.165) is 19.6 Å².